The molecule has 0 atom stereocenters. The van der Waals surface area contributed by atoms with Crippen molar-refractivity contribution >= 4 is 46.8 Å². The minimum atomic E-state index is -0.729. The summed E-state index contributed by atoms with van der Waals surface area (Å²) in [6.07, 6.45) is 2.61. The summed E-state index contributed by atoms with van der Waals surface area (Å²) in [5.41, 5.74) is 1.54. The van der Waals surface area contributed by atoms with Crippen molar-refractivity contribution in [3.8, 4) is 5.69 Å². The van der Waals surface area contributed by atoms with E-state index in [1.807, 2.05) is 18.2 Å². The summed E-state index contributed by atoms with van der Waals surface area (Å²) in [5, 5.41) is 3.38. The lowest BCUT2D eigenvalue weighted by Crippen LogP contribution is -2.25. The van der Waals surface area contributed by atoms with Gasteiger partial charge in [0.2, 0.25) is 0 Å². The number of carbonyl (C=O) groups is 2. The molecule has 2 aromatic carbocycles. The van der Waals surface area contributed by atoms with Crippen LogP contribution in [0.5, 0.6) is 0 Å². The first-order valence-corrected chi connectivity index (χ1v) is 9.97. The number of ether oxygens (including phenoxy) is 1. The summed E-state index contributed by atoms with van der Waals surface area (Å²) in [6, 6.07) is 13.9. The summed E-state index contributed by atoms with van der Waals surface area (Å²) < 4.78 is 8.02. The topological polar surface area (TPSA) is 82.3 Å². The van der Waals surface area contributed by atoms with Crippen LogP contribution < -0.4 is 10.9 Å². The molecule has 0 bridgehead atoms. The Morgan fingerprint density at radius 1 is 1.13 bits per heavy atom. The third kappa shape index (κ3) is 5.25. The van der Waals surface area contributed by atoms with Gasteiger partial charge in [0.25, 0.3) is 11.5 Å². The van der Waals surface area contributed by atoms with Crippen LogP contribution in [0, 0.1) is 6.92 Å². The van der Waals surface area contributed by atoms with Gasteiger partial charge in [-0.3, -0.25) is 14.3 Å². The molecule has 3 rings (SSSR count). The molecule has 1 amide bonds. The standard InChI is InChI=1S/C22H19Cl2N3O4/c1-14-21(22(30)27(26(14)2)17-6-4-3-5-7-17)25-19(28)13-31-20(29)11-9-15-8-10-16(23)12-18(15)24/h3-12H,13H2,1-2H3,(H,25,28). The van der Waals surface area contributed by atoms with E-state index in [4.69, 9.17) is 27.9 Å². The number of nitrogens with zero attached hydrogens (tertiary/aromatic N) is 2. The second-order valence-electron chi connectivity index (χ2n) is 6.59. The normalized spacial score (nSPS) is 11.0. The molecule has 1 heterocycles. The van der Waals surface area contributed by atoms with Crippen molar-refractivity contribution in [1.82, 2.24) is 9.36 Å². The van der Waals surface area contributed by atoms with Gasteiger partial charge in [0.05, 0.1) is 11.4 Å². The van der Waals surface area contributed by atoms with E-state index in [2.05, 4.69) is 5.32 Å². The number of halogens is 2. The maximum absolute atomic E-state index is 12.8. The number of amides is 1. The SMILES string of the molecule is Cc1c(NC(=O)COC(=O)C=Cc2ccc(Cl)cc2Cl)c(=O)n(-c2ccccc2)n1C. The second-order valence-corrected chi connectivity index (χ2v) is 7.44. The Labute approximate surface area is 188 Å². The number of para-hydroxylation sites is 1. The molecular formula is C22H19Cl2N3O4. The largest absolute Gasteiger partial charge is 0.452 e. The van der Waals surface area contributed by atoms with Crippen molar-refractivity contribution in [1.29, 1.82) is 0 Å². The summed E-state index contributed by atoms with van der Waals surface area (Å²) in [6.45, 7) is 1.16. The Bertz CT molecular complexity index is 1210. The minimum absolute atomic E-state index is 0.121. The van der Waals surface area contributed by atoms with Gasteiger partial charge in [-0.05, 0) is 42.8 Å². The first-order valence-electron chi connectivity index (χ1n) is 9.21. The Balaban J connectivity index is 1.64. The van der Waals surface area contributed by atoms with Gasteiger partial charge in [-0.15, -0.1) is 0 Å². The lowest BCUT2D eigenvalue weighted by molar-refractivity contribution is -0.142. The third-order valence-corrected chi connectivity index (χ3v) is 5.09. The van der Waals surface area contributed by atoms with E-state index in [9.17, 15) is 14.4 Å². The van der Waals surface area contributed by atoms with E-state index in [1.54, 1.807) is 49.0 Å². The molecule has 3 aromatic rings. The van der Waals surface area contributed by atoms with E-state index in [1.165, 1.54) is 10.8 Å². The average molecular weight is 460 g/mol. The number of esters is 1. The van der Waals surface area contributed by atoms with E-state index in [0.717, 1.165) is 6.08 Å². The monoisotopic (exact) mass is 459 g/mol. The van der Waals surface area contributed by atoms with E-state index >= 15 is 0 Å². The van der Waals surface area contributed by atoms with Crippen LogP contribution in [0.1, 0.15) is 11.3 Å². The van der Waals surface area contributed by atoms with Gasteiger partial charge in [0.1, 0.15) is 5.69 Å². The molecule has 31 heavy (non-hydrogen) atoms. The van der Waals surface area contributed by atoms with Gasteiger partial charge < -0.3 is 10.1 Å². The predicted octanol–water partition coefficient (Wildman–Crippen LogP) is 3.99. The fourth-order valence-electron chi connectivity index (χ4n) is 2.87. The number of hydrogen-bond acceptors (Lipinski definition) is 4. The molecule has 0 spiro atoms. The van der Waals surface area contributed by atoms with Gasteiger partial charge in [0, 0.05) is 23.2 Å². The number of benzene rings is 2. The zero-order valence-electron chi connectivity index (χ0n) is 16.8. The van der Waals surface area contributed by atoms with Crippen molar-refractivity contribution in [3.05, 3.63) is 86.3 Å². The molecule has 0 aliphatic rings. The van der Waals surface area contributed by atoms with Crippen LogP contribution in [0.25, 0.3) is 11.8 Å². The van der Waals surface area contributed by atoms with Crippen LogP contribution in [-0.4, -0.2) is 27.8 Å². The third-order valence-electron chi connectivity index (χ3n) is 4.53. The number of nitrogens with one attached hydrogen (secondary N) is 1. The van der Waals surface area contributed by atoms with Gasteiger partial charge in [0.15, 0.2) is 6.61 Å². The fraction of sp³-hybridized carbons (Fsp3) is 0.136. The molecule has 1 N–H and O–H groups in total. The van der Waals surface area contributed by atoms with Crippen molar-refractivity contribution in [3.63, 3.8) is 0 Å². The molecule has 0 unspecified atom stereocenters. The smallest absolute Gasteiger partial charge is 0.331 e. The molecule has 160 valence electrons. The first-order chi connectivity index (χ1) is 14.8. The quantitative estimate of drug-likeness (QED) is 0.446. The summed E-state index contributed by atoms with van der Waals surface area (Å²) in [7, 11) is 1.71. The molecule has 0 fully saturated rings. The number of aromatic nitrogens is 2. The molecule has 9 heteroatoms. The van der Waals surface area contributed by atoms with Gasteiger partial charge >= 0.3 is 5.97 Å². The van der Waals surface area contributed by atoms with Gasteiger partial charge in [-0.1, -0.05) is 47.5 Å². The van der Waals surface area contributed by atoms with E-state index < -0.39 is 18.5 Å². The minimum Gasteiger partial charge on any atom is -0.452 e. The van der Waals surface area contributed by atoms with Crippen LogP contribution in [-0.2, 0) is 21.4 Å². The predicted molar refractivity (Wildman–Crippen MR) is 121 cm³/mol. The molecular weight excluding hydrogens is 441 g/mol. The highest BCUT2D eigenvalue weighted by Crippen LogP contribution is 2.22. The summed E-state index contributed by atoms with van der Waals surface area (Å²) in [5.74, 6) is -1.36. The van der Waals surface area contributed by atoms with Crippen molar-refractivity contribution in [2.45, 2.75) is 6.92 Å². The highest BCUT2D eigenvalue weighted by atomic mass is 35.5. The van der Waals surface area contributed by atoms with Crippen LogP contribution in [0.3, 0.4) is 0 Å². The first kappa shape index (κ1) is 22.4. The van der Waals surface area contributed by atoms with Crippen LogP contribution in [0.4, 0.5) is 5.69 Å². The van der Waals surface area contributed by atoms with Gasteiger partial charge in [-0.25, -0.2) is 9.48 Å². The molecule has 0 saturated heterocycles. The molecule has 0 aliphatic carbocycles. The molecule has 1 aromatic heterocycles. The number of rotatable bonds is 6. The fourth-order valence-corrected chi connectivity index (χ4v) is 3.34. The maximum Gasteiger partial charge on any atom is 0.331 e. The lowest BCUT2D eigenvalue weighted by Gasteiger charge is -2.07. The molecule has 0 aliphatic heterocycles. The Morgan fingerprint density at radius 2 is 1.84 bits per heavy atom. The van der Waals surface area contributed by atoms with Crippen LogP contribution >= 0.6 is 23.2 Å². The number of carbonyl (C=O) groups excluding carboxylic acids is 2. The maximum atomic E-state index is 12.8. The highest BCUT2D eigenvalue weighted by Gasteiger charge is 2.18. The molecule has 0 saturated carbocycles. The zero-order valence-corrected chi connectivity index (χ0v) is 18.3. The van der Waals surface area contributed by atoms with E-state index in [-0.39, 0.29) is 11.2 Å². The summed E-state index contributed by atoms with van der Waals surface area (Å²) >= 11 is 11.9. The Morgan fingerprint density at radius 3 is 2.52 bits per heavy atom. The molecule has 0 radical (unpaired) electrons. The highest BCUT2D eigenvalue weighted by molar-refractivity contribution is 6.35. The Kier molecular flexibility index (Phi) is 6.99. The summed E-state index contributed by atoms with van der Waals surface area (Å²) in [4.78, 5) is 36.9. The number of anilines is 1. The van der Waals surface area contributed by atoms with Crippen LogP contribution in [0.15, 0.2) is 59.4 Å². The van der Waals surface area contributed by atoms with Crippen molar-refractivity contribution < 1.29 is 14.3 Å². The lowest BCUT2D eigenvalue weighted by atomic mass is 10.2. The average Bonchev–Trinajstić information content (AvgIpc) is 2.95. The van der Waals surface area contributed by atoms with Crippen LogP contribution in [0.2, 0.25) is 10.0 Å². The zero-order chi connectivity index (χ0) is 22.5. The van der Waals surface area contributed by atoms with Crippen molar-refractivity contribution in [2.24, 2.45) is 7.05 Å². The van der Waals surface area contributed by atoms with Gasteiger partial charge in [-0.2, -0.15) is 0 Å². The Hall–Kier alpha value is -3.29. The second kappa shape index (κ2) is 9.68. The number of hydrogen-bond donors (Lipinski definition) is 1. The van der Waals surface area contributed by atoms with E-state index in [0.29, 0.717) is 27.0 Å². The molecule has 7 nitrogen and oxygen atoms in total. The van der Waals surface area contributed by atoms with Crippen molar-refractivity contribution in [2.75, 3.05) is 11.9 Å².